The summed E-state index contributed by atoms with van der Waals surface area (Å²) in [6.45, 7) is 2.13. The first kappa shape index (κ1) is 19.0. The molecule has 1 aromatic carbocycles. The van der Waals surface area contributed by atoms with Crippen LogP contribution in [0.1, 0.15) is 47.7 Å². The first-order valence-electron chi connectivity index (χ1n) is 9.26. The van der Waals surface area contributed by atoms with Gasteiger partial charge in [-0.2, -0.15) is 0 Å². The van der Waals surface area contributed by atoms with Crippen molar-refractivity contribution in [1.82, 2.24) is 0 Å². The van der Waals surface area contributed by atoms with Gasteiger partial charge in [0.2, 0.25) is 0 Å². The third-order valence-corrected chi connectivity index (χ3v) is 5.16. The SMILES string of the molecule is CCC1=C(OC)C(C2=CCCc3ccc(C(=O)OC)cc32)=CC=C(OC)C1. The summed E-state index contributed by atoms with van der Waals surface area (Å²) in [4.78, 5) is 12.0. The number of hydrogen-bond donors (Lipinski definition) is 0. The highest BCUT2D eigenvalue weighted by molar-refractivity contribution is 5.93. The van der Waals surface area contributed by atoms with E-state index < -0.39 is 0 Å². The van der Waals surface area contributed by atoms with Crippen LogP contribution >= 0.6 is 0 Å². The van der Waals surface area contributed by atoms with Gasteiger partial charge in [-0.25, -0.2) is 4.79 Å². The van der Waals surface area contributed by atoms with E-state index in [1.165, 1.54) is 18.2 Å². The van der Waals surface area contributed by atoms with Crippen molar-refractivity contribution in [3.8, 4) is 0 Å². The van der Waals surface area contributed by atoms with Gasteiger partial charge in [-0.15, -0.1) is 0 Å². The Hall–Kier alpha value is -2.75. The van der Waals surface area contributed by atoms with E-state index in [1.54, 1.807) is 14.2 Å². The lowest BCUT2D eigenvalue weighted by Crippen LogP contribution is -2.09. The Bertz CT molecular complexity index is 868. The second-order valence-corrected chi connectivity index (χ2v) is 6.60. The number of esters is 1. The zero-order valence-corrected chi connectivity index (χ0v) is 16.4. The van der Waals surface area contributed by atoms with Gasteiger partial charge in [0.25, 0.3) is 0 Å². The van der Waals surface area contributed by atoms with E-state index in [0.29, 0.717) is 5.56 Å². The minimum absolute atomic E-state index is 0.323. The molecule has 27 heavy (non-hydrogen) atoms. The van der Waals surface area contributed by atoms with Crippen LogP contribution < -0.4 is 0 Å². The van der Waals surface area contributed by atoms with Crippen LogP contribution in [0.5, 0.6) is 0 Å². The zero-order chi connectivity index (χ0) is 19.4. The molecule has 0 saturated carbocycles. The van der Waals surface area contributed by atoms with Crippen molar-refractivity contribution in [1.29, 1.82) is 0 Å². The van der Waals surface area contributed by atoms with Crippen LogP contribution in [0.25, 0.3) is 5.57 Å². The molecule has 2 aliphatic rings. The number of carbonyl (C=O) groups excluding carboxylic acids is 1. The van der Waals surface area contributed by atoms with Gasteiger partial charge in [-0.1, -0.05) is 19.1 Å². The van der Waals surface area contributed by atoms with Gasteiger partial charge in [-0.3, -0.25) is 0 Å². The number of methoxy groups -OCH3 is 3. The highest BCUT2D eigenvalue weighted by Gasteiger charge is 2.24. The third-order valence-electron chi connectivity index (χ3n) is 5.16. The monoisotopic (exact) mass is 366 g/mol. The van der Waals surface area contributed by atoms with Crippen molar-refractivity contribution in [3.05, 3.63) is 75.8 Å². The van der Waals surface area contributed by atoms with E-state index in [2.05, 4.69) is 19.1 Å². The number of benzene rings is 1. The van der Waals surface area contributed by atoms with Crippen molar-refractivity contribution in [2.24, 2.45) is 0 Å². The molecule has 0 radical (unpaired) electrons. The lowest BCUT2D eigenvalue weighted by Gasteiger charge is -2.23. The van der Waals surface area contributed by atoms with Crippen molar-refractivity contribution in [2.75, 3.05) is 21.3 Å². The molecule has 2 aliphatic carbocycles. The number of rotatable bonds is 5. The van der Waals surface area contributed by atoms with Crippen LogP contribution in [-0.2, 0) is 20.6 Å². The minimum Gasteiger partial charge on any atom is -0.501 e. The molecule has 0 unspecified atom stereocenters. The second kappa shape index (κ2) is 8.30. The fourth-order valence-electron chi connectivity index (χ4n) is 3.71. The fraction of sp³-hybridized carbons (Fsp3) is 0.348. The molecule has 0 fully saturated rings. The number of aryl methyl sites for hydroxylation is 1. The Morgan fingerprint density at radius 1 is 1.07 bits per heavy atom. The van der Waals surface area contributed by atoms with Crippen LogP contribution in [0, 0.1) is 0 Å². The molecule has 0 spiro atoms. The van der Waals surface area contributed by atoms with E-state index in [1.807, 2.05) is 24.3 Å². The number of ether oxygens (including phenoxy) is 3. The predicted molar refractivity (Wildman–Crippen MR) is 106 cm³/mol. The summed E-state index contributed by atoms with van der Waals surface area (Å²) in [5.74, 6) is 1.48. The normalized spacial score (nSPS) is 16.5. The Kier molecular flexibility index (Phi) is 5.84. The predicted octanol–water partition coefficient (Wildman–Crippen LogP) is 4.97. The van der Waals surface area contributed by atoms with E-state index in [-0.39, 0.29) is 5.97 Å². The molecular formula is C23H26O4. The Balaban J connectivity index is 2.15. The van der Waals surface area contributed by atoms with Crippen LogP contribution in [0.3, 0.4) is 0 Å². The summed E-state index contributed by atoms with van der Waals surface area (Å²) in [6, 6.07) is 5.79. The fourth-order valence-corrected chi connectivity index (χ4v) is 3.71. The van der Waals surface area contributed by atoms with Gasteiger partial charge < -0.3 is 14.2 Å². The summed E-state index contributed by atoms with van der Waals surface area (Å²) in [6.07, 6.45) is 9.83. The standard InChI is InChI=1S/C23H26O4/c1-5-15-13-18(25-2)11-12-20(22(15)26-3)19-8-6-7-16-9-10-17(14-21(16)19)23(24)27-4/h8-12,14H,5-7,13H2,1-4H3. The lowest BCUT2D eigenvalue weighted by molar-refractivity contribution is 0.0600. The summed E-state index contributed by atoms with van der Waals surface area (Å²) in [5, 5.41) is 0. The molecule has 3 rings (SSSR count). The molecule has 0 aromatic heterocycles. The first-order valence-corrected chi connectivity index (χ1v) is 9.26. The maximum Gasteiger partial charge on any atom is 0.337 e. The van der Waals surface area contributed by atoms with Crippen molar-refractivity contribution < 1.29 is 19.0 Å². The molecule has 0 amide bonds. The van der Waals surface area contributed by atoms with Gasteiger partial charge in [0.1, 0.15) is 5.76 Å². The summed E-state index contributed by atoms with van der Waals surface area (Å²) in [5.41, 5.74) is 6.18. The molecular weight excluding hydrogens is 340 g/mol. The van der Waals surface area contributed by atoms with Crippen LogP contribution in [0.4, 0.5) is 0 Å². The summed E-state index contributed by atoms with van der Waals surface area (Å²) >= 11 is 0. The minimum atomic E-state index is -0.323. The number of carbonyl (C=O) groups is 1. The molecule has 0 heterocycles. The maximum atomic E-state index is 12.0. The average Bonchev–Trinajstić information content (AvgIpc) is 2.90. The van der Waals surface area contributed by atoms with Gasteiger partial charge in [-0.05, 0) is 65.8 Å². The number of hydrogen-bond acceptors (Lipinski definition) is 4. The molecule has 0 atom stereocenters. The van der Waals surface area contributed by atoms with Crippen LogP contribution in [0.15, 0.2) is 59.1 Å². The van der Waals surface area contributed by atoms with Gasteiger partial charge in [0.15, 0.2) is 0 Å². The van der Waals surface area contributed by atoms with E-state index in [9.17, 15) is 4.79 Å². The smallest absolute Gasteiger partial charge is 0.337 e. The maximum absolute atomic E-state index is 12.0. The number of fused-ring (bicyclic) bond motifs is 1. The third kappa shape index (κ3) is 3.70. The molecule has 4 heteroatoms. The molecule has 1 aromatic rings. The second-order valence-electron chi connectivity index (χ2n) is 6.60. The summed E-state index contributed by atoms with van der Waals surface area (Å²) in [7, 11) is 4.82. The lowest BCUT2D eigenvalue weighted by atomic mass is 9.84. The molecule has 0 N–H and O–H groups in total. The van der Waals surface area contributed by atoms with E-state index in [4.69, 9.17) is 14.2 Å². The van der Waals surface area contributed by atoms with Crippen molar-refractivity contribution in [2.45, 2.75) is 32.6 Å². The van der Waals surface area contributed by atoms with Crippen LogP contribution in [-0.4, -0.2) is 27.3 Å². The van der Waals surface area contributed by atoms with Gasteiger partial charge >= 0.3 is 5.97 Å². The van der Waals surface area contributed by atoms with Crippen molar-refractivity contribution >= 4 is 11.5 Å². The number of allylic oxidation sites excluding steroid dienone is 5. The quantitative estimate of drug-likeness (QED) is 0.690. The highest BCUT2D eigenvalue weighted by atomic mass is 16.5. The van der Waals surface area contributed by atoms with Gasteiger partial charge in [0.05, 0.1) is 32.7 Å². The zero-order valence-electron chi connectivity index (χ0n) is 16.4. The Morgan fingerprint density at radius 2 is 1.89 bits per heavy atom. The Labute approximate surface area is 160 Å². The molecule has 0 aliphatic heterocycles. The molecule has 142 valence electrons. The average molecular weight is 366 g/mol. The topological polar surface area (TPSA) is 44.8 Å². The molecule has 0 saturated heterocycles. The van der Waals surface area contributed by atoms with E-state index in [0.717, 1.165) is 53.9 Å². The Morgan fingerprint density at radius 3 is 2.56 bits per heavy atom. The largest absolute Gasteiger partial charge is 0.501 e. The molecule has 0 bridgehead atoms. The first-order chi connectivity index (χ1) is 13.1. The van der Waals surface area contributed by atoms with Gasteiger partial charge in [0, 0.05) is 12.0 Å². The highest BCUT2D eigenvalue weighted by Crippen LogP contribution is 2.39. The van der Waals surface area contributed by atoms with Crippen LogP contribution in [0.2, 0.25) is 0 Å². The van der Waals surface area contributed by atoms with Crippen molar-refractivity contribution in [3.63, 3.8) is 0 Å². The molecule has 4 nitrogen and oxygen atoms in total. The summed E-state index contributed by atoms with van der Waals surface area (Å²) < 4.78 is 16.2. The van der Waals surface area contributed by atoms with E-state index >= 15 is 0 Å².